The van der Waals surface area contributed by atoms with Crippen molar-refractivity contribution in [2.24, 2.45) is 0 Å². The Morgan fingerprint density at radius 2 is 1.45 bits per heavy atom. The molecule has 0 unspecified atom stereocenters. The van der Waals surface area contributed by atoms with Gasteiger partial charge in [0.1, 0.15) is 4.90 Å². The van der Waals surface area contributed by atoms with E-state index in [1.165, 1.54) is 48.5 Å². The second-order valence-electron chi connectivity index (χ2n) is 6.72. The van der Waals surface area contributed by atoms with Crippen LogP contribution in [0.4, 0.5) is 10.5 Å². The van der Waals surface area contributed by atoms with Gasteiger partial charge in [-0.25, -0.2) is 17.9 Å². The van der Waals surface area contributed by atoms with E-state index in [4.69, 9.17) is 4.18 Å². The lowest BCUT2D eigenvalue weighted by Gasteiger charge is -2.13. The molecule has 0 aromatic heterocycles. The van der Waals surface area contributed by atoms with Gasteiger partial charge in [-0.1, -0.05) is 42.0 Å². The van der Waals surface area contributed by atoms with Gasteiger partial charge in [-0.15, -0.1) is 0 Å². The van der Waals surface area contributed by atoms with Gasteiger partial charge in [0.25, 0.3) is 10.0 Å². The third kappa shape index (κ3) is 5.62. The summed E-state index contributed by atoms with van der Waals surface area (Å²) in [6, 6.07) is 16.8. The van der Waals surface area contributed by atoms with Crippen molar-refractivity contribution >= 4 is 31.9 Å². The van der Waals surface area contributed by atoms with Crippen LogP contribution in [0.15, 0.2) is 82.6 Å². The van der Waals surface area contributed by atoms with E-state index in [0.29, 0.717) is 0 Å². The number of benzene rings is 3. The summed E-state index contributed by atoms with van der Waals surface area (Å²) in [6.07, 6.45) is 0. The summed E-state index contributed by atoms with van der Waals surface area (Å²) in [5.74, 6) is -0.160. The topological polar surface area (TPSA) is 119 Å². The molecule has 2 N–H and O–H groups in total. The first-order valence-electron chi connectivity index (χ1n) is 9.07. The van der Waals surface area contributed by atoms with E-state index in [0.717, 1.165) is 11.1 Å². The fraction of sp³-hybridized carbons (Fsp3) is 0.0952. The zero-order valence-corrected chi connectivity index (χ0v) is 18.3. The minimum atomic E-state index is -4.17. The molecule has 8 nitrogen and oxygen atoms in total. The van der Waals surface area contributed by atoms with Gasteiger partial charge in [-0.05, 0) is 55.8 Å². The van der Waals surface area contributed by atoms with E-state index in [1.807, 2.05) is 4.72 Å². The van der Waals surface area contributed by atoms with Crippen molar-refractivity contribution in [1.82, 2.24) is 4.72 Å². The first-order valence-corrected chi connectivity index (χ1v) is 12.0. The van der Waals surface area contributed by atoms with Crippen molar-refractivity contribution in [3.63, 3.8) is 0 Å². The molecule has 0 radical (unpaired) electrons. The Hall–Kier alpha value is -3.37. The second kappa shape index (κ2) is 8.78. The maximum Gasteiger partial charge on any atom is 0.339 e. The second-order valence-corrected chi connectivity index (χ2v) is 9.95. The quantitative estimate of drug-likeness (QED) is 0.543. The fourth-order valence-electron chi connectivity index (χ4n) is 2.63. The standard InChI is InChI=1S/C21H20N2O6S2/c1-15-10-12-17(13-11-15)30(25,26)23-21(24)22-19-8-3-4-9-20(19)29-31(27,28)18-7-5-6-16(2)14-18/h3-14H,1-2H3,(H2,22,23,24). The van der Waals surface area contributed by atoms with Crippen LogP contribution >= 0.6 is 0 Å². The van der Waals surface area contributed by atoms with E-state index in [2.05, 4.69) is 5.32 Å². The largest absolute Gasteiger partial charge is 0.377 e. The Bertz CT molecular complexity index is 1320. The molecule has 3 aromatic rings. The number of hydrogen-bond acceptors (Lipinski definition) is 6. The van der Waals surface area contributed by atoms with Crippen molar-refractivity contribution in [2.75, 3.05) is 5.32 Å². The molecule has 0 aliphatic carbocycles. The maximum atomic E-state index is 12.6. The van der Waals surface area contributed by atoms with E-state index in [1.54, 1.807) is 38.1 Å². The summed E-state index contributed by atoms with van der Waals surface area (Å²) in [7, 11) is -8.28. The molecule has 0 aliphatic rings. The Morgan fingerprint density at radius 1 is 0.774 bits per heavy atom. The summed E-state index contributed by atoms with van der Waals surface area (Å²) in [5, 5.41) is 2.31. The first kappa shape index (κ1) is 22.3. The zero-order valence-electron chi connectivity index (χ0n) is 16.7. The van der Waals surface area contributed by atoms with Crippen LogP contribution in [0.2, 0.25) is 0 Å². The number of para-hydroxylation sites is 2. The van der Waals surface area contributed by atoms with E-state index in [-0.39, 0.29) is 21.2 Å². The number of hydrogen-bond donors (Lipinski definition) is 2. The first-order chi connectivity index (χ1) is 14.6. The van der Waals surface area contributed by atoms with Crippen LogP contribution in [-0.4, -0.2) is 22.9 Å². The molecule has 162 valence electrons. The Labute approximate surface area is 181 Å². The summed E-state index contributed by atoms with van der Waals surface area (Å²) >= 11 is 0. The van der Waals surface area contributed by atoms with Gasteiger partial charge in [0.05, 0.1) is 10.6 Å². The summed E-state index contributed by atoms with van der Waals surface area (Å²) in [4.78, 5) is 12.2. The summed E-state index contributed by atoms with van der Waals surface area (Å²) < 4.78 is 57.0. The molecule has 3 aromatic carbocycles. The summed E-state index contributed by atoms with van der Waals surface area (Å²) in [6.45, 7) is 3.55. The lowest BCUT2D eigenvalue weighted by atomic mass is 10.2. The molecule has 0 atom stereocenters. The van der Waals surface area contributed by atoms with Crippen LogP contribution in [0, 0.1) is 13.8 Å². The van der Waals surface area contributed by atoms with Crippen LogP contribution in [-0.2, 0) is 20.1 Å². The average Bonchev–Trinajstić information content (AvgIpc) is 2.69. The maximum absolute atomic E-state index is 12.6. The van der Waals surface area contributed by atoms with Crippen molar-refractivity contribution in [2.45, 2.75) is 23.6 Å². The third-order valence-electron chi connectivity index (χ3n) is 4.17. The Morgan fingerprint density at radius 3 is 2.13 bits per heavy atom. The number of sulfonamides is 1. The van der Waals surface area contributed by atoms with E-state index < -0.39 is 26.2 Å². The van der Waals surface area contributed by atoms with Crippen LogP contribution in [0.5, 0.6) is 5.75 Å². The number of rotatable bonds is 6. The number of anilines is 1. The van der Waals surface area contributed by atoms with Gasteiger partial charge in [0.15, 0.2) is 5.75 Å². The normalized spacial score (nSPS) is 11.5. The molecule has 0 bridgehead atoms. The van der Waals surface area contributed by atoms with Crippen molar-refractivity contribution < 1.29 is 25.8 Å². The number of aryl methyl sites for hydroxylation is 2. The molecule has 31 heavy (non-hydrogen) atoms. The Kier molecular flexibility index (Phi) is 6.32. The average molecular weight is 461 g/mol. The highest BCUT2D eigenvalue weighted by Gasteiger charge is 2.21. The van der Waals surface area contributed by atoms with Gasteiger partial charge in [0.2, 0.25) is 0 Å². The highest BCUT2D eigenvalue weighted by Crippen LogP contribution is 2.27. The van der Waals surface area contributed by atoms with Crippen LogP contribution in [0.1, 0.15) is 11.1 Å². The van der Waals surface area contributed by atoms with Crippen LogP contribution in [0.3, 0.4) is 0 Å². The highest BCUT2D eigenvalue weighted by atomic mass is 32.2. The molecule has 0 saturated carbocycles. The van der Waals surface area contributed by atoms with Gasteiger partial charge < -0.3 is 9.50 Å². The van der Waals surface area contributed by atoms with Crippen molar-refractivity contribution in [3.8, 4) is 5.75 Å². The lowest BCUT2D eigenvalue weighted by Crippen LogP contribution is -2.34. The number of carbonyl (C=O) groups is 1. The van der Waals surface area contributed by atoms with Crippen LogP contribution < -0.4 is 14.2 Å². The van der Waals surface area contributed by atoms with Gasteiger partial charge in [-0.3, -0.25) is 0 Å². The number of amides is 2. The predicted octanol–water partition coefficient (Wildman–Crippen LogP) is 3.58. The molecular weight excluding hydrogens is 440 g/mol. The minimum Gasteiger partial charge on any atom is -0.377 e. The number of urea groups is 1. The Balaban J connectivity index is 1.79. The zero-order chi connectivity index (χ0) is 22.6. The molecular formula is C21H20N2O6S2. The highest BCUT2D eigenvalue weighted by molar-refractivity contribution is 7.90. The fourth-order valence-corrected chi connectivity index (χ4v) is 4.59. The van der Waals surface area contributed by atoms with Crippen molar-refractivity contribution in [3.05, 3.63) is 83.9 Å². The van der Waals surface area contributed by atoms with Crippen molar-refractivity contribution in [1.29, 1.82) is 0 Å². The molecule has 0 heterocycles. The molecule has 0 fully saturated rings. The SMILES string of the molecule is Cc1ccc(S(=O)(=O)NC(=O)Nc2ccccc2OS(=O)(=O)c2cccc(C)c2)cc1. The van der Waals surface area contributed by atoms with Crippen LogP contribution in [0.25, 0.3) is 0 Å². The molecule has 2 amide bonds. The van der Waals surface area contributed by atoms with Gasteiger partial charge >= 0.3 is 16.1 Å². The predicted molar refractivity (Wildman–Crippen MR) is 116 cm³/mol. The third-order valence-corrected chi connectivity index (χ3v) is 6.75. The smallest absolute Gasteiger partial charge is 0.339 e. The molecule has 3 rings (SSSR count). The molecule has 0 spiro atoms. The van der Waals surface area contributed by atoms with E-state index >= 15 is 0 Å². The lowest BCUT2D eigenvalue weighted by molar-refractivity contribution is 0.256. The number of carbonyl (C=O) groups excluding carboxylic acids is 1. The van der Waals surface area contributed by atoms with E-state index in [9.17, 15) is 21.6 Å². The monoisotopic (exact) mass is 460 g/mol. The van der Waals surface area contributed by atoms with Gasteiger partial charge in [0, 0.05) is 0 Å². The molecule has 0 saturated heterocycles. The molecule has 10 heteroatoms. The summed E-state index contributed by atoms with van der Waals surface area (Å²) in [5.41, 5.74) is 1.58. The molecule has 0 aliphatic heterocycles. The minimum absolute atomic E-state index is 0.0182. The van der Waals surface area contributed by atoms with Gasteiger partial charge in [-0.2, -0.15) is 8.42 Å². The number of nitrogens with one attached hydrogen (secondary N) is 2.